The highest BCUT2D eigenvalue weighted by Crippen LogP contribution is 2.19. The Morgan fingerprint density at radius 1 is 1.15 bits per heavy atom. The van der Waals surface area contributed by atoms with Gasteiger partial charge < -0.3 is 19.9 Å². The summed E-state index contributed by atoms with van der Waals surface area (Å²) in [7, 11) is 3.57. The van der Waals surface area contributed by atoms with Crippen LogP contribution >= 0.6 is 24.0 Å². The highest BCUT2D eigenvalue weighted by Gasteiger charge is 2.26. The summed E-state index contributed by atoms with van der Waals surface area (Å²) in [5, 5.41) is 3.63. The Balaban J connectivity index is 0.00000261. The lowest BCUT2D eigenvalue weighted by atomic mass is 10.1. The number of rotatable bonds is 5. The predicted molar refractivity (Wildman–Crippen MR) is 119 cm³/mol. The number of halogens is 1. The maximum Gasteiger partial charge on any atom is 0.243 e. The van der Waals surface area contributed by atoms with Crippen LogP contribution in [-0.4, -0.2) is 99.2 Å². The molecule has 1 unspecified atom stereocenters. The molecule has 1 amide bonds. The van der Waals surface area contributed by atoms with Crippen molar-refractivity contribution in [1.82, 2.24) is 20.0 Å². The summed E-state index contributed by atoms with van der Waals surface area (Å²) in [5.74, 6) is 1.68. The molecule has 8 heteroatoms. The van der Waals surface area contributed by atoms with Crippen LogP contribution in [0.2, 0.25) is 0 Å². The van der Waals surface area contributed by atoms with Gasteiger partial charge in [-0.1, -0.05) is 12.8 Å². The minimum absolute atomic E-state index is 0. The molecule has 2 aliphatic heterocycles. The molecule has 1 aliphatic carbocycles. The molecule has 3 fully saturated rings. The molecule has 7 nitrogen and oxygen atoms in total. The van der Waals surface area contributed by atoms with E-state index in [4.69, 9.17) is 4.74 Å². The molecular formula is C19H36IN5O2. The zero-order chi connectivity index (χ0) is 18.4. The van der Waals surface area contributed by atoms with Crippen molar-refractivity contribution in [2.75, 3.05) is 66.6 Å². The van der Waals surface area contributed by atoms with Crippen molar-refractivity contribution >= 4 is 35.8 Å². The number of nitrogens with zero attached hydrogens (tertiary/aromatic N) is 4. The molecule has 0 spiro atoms. The van der Waals surface area contributed by atoms with Gasteiger partial charge in [-0.25, -0.2) is 4.99 Å². The van der Waals surface area contributed by atoms with Gasteiger partial charge in [0.25, 0.3) is 0 Å². The number of nitrogens with one attached hydrogen (secondary N) is 1. The van der Waals surface area contributed by atoms with Crippen molar-refractivity contribution in [2.24, 2.45) is 10.9 Å². The fraction of sp³-hybridized carbons (Fsp3) is 0.895. The van der Waals surface area contributed by atoms with Gasteiger partial charge in [-0.2, -0.15) is 0 Å². The highest BCUT2D eigenvalue weighted by atomic mass is 127. The van der Waals surface area contributed by atoms with Crippen LogP contribution in [-0.2, 0) is 9.53 Å². The molecule has 1 saturated carbocycles. The van der Waals surface area contributed by atoms with Gasteiger partial charge in [-0.05, 0) is 25.2 Å². The monoisotopic (exact) mass is 493 g/mol. The third kappa shape index (κ3) is 7.05. The Bertz CT molecular complexity index is 482. The number of carbonyl (C=O) groups is 1. The van der Waals surface area contributed by atoms with Crippen LogP contribution in [0, 0.1) is 5.92 Å². The van der Waals surface area contributed by atoms with Gasteiger partial charge in [-0.3, -0.25) is 9.69 Å². The maximum absolute atomic E-state index is 12.0. The van der Waals surface area contributed by atoms with Crippen LogP contribution in [0.1, 0.15) is 32.1 Å². The number of ether oxygens (including phenoxy) is 1. The molecule has 2 saturated heterocycles. The fourth-order valence-electron chi connectivity index (χ4n) is 4.01. The molecule has 27 heavy (non-hydrogen) atoms. The number of hydrogen-bond acceptors (Lipinski definition) is 4. The first kappa shape index (κ1) is 22.7. The number of aliphatic imine (C=N–C) groups is 1. The van der Waals surface area contributed by atoms with Crippen LogP contribution in [0.3, 0.4) is 0 Å². The molecular weight excluding hydrogens is 457 g/mol. The largest absolute Gasteiger partial charge is 0.381 e. The molecule has 2 heterocycles. The third-order valence-corrected chi connectivity index (χ3v) is 5.76. The van der Waals surface area contributed by atoms with Gasteiger partial charge in [0.15, 0.2) is 5.96 Å². The zero-order valence-corrected chi connectivity index (χ0v) is 19.2. The summed E-state index contributed by atoms with van der Waals surface area (Å²) in [6.07, 6.45) is 6.20. The first-order valence-corrected chi connectivity index (χ1v) is 10.2. The van der Waals surface area contributed by atoms with E-state index in [2.05, 4.69) is 20.1 Å². The van der Waals surface area contributed by atoms with Crippen LogP contribution in [0.4, 0.5) is 0 Å². The number of amides is 1. The smallest absolute Gasteiger partial charge is 0.243 e. The van der Waals surface area contributed by atoms with E-state index in [-0.39, 0.29) is 36.4 Å². The number of piperazine rings is 1. The molecule has 1 atom stereocenters. The predicted octanol–water partition coefficient (Wildman–Crippen LogP) is 1.23. The molecule has 3 rings (SSSR count). The molecule has 1 N–H and O–H groups in total. The van der Waals surface area contributed by atoms with Gasteiger partial charge in [0.1, 0.15) is 6.54 Å². The van der Waals surface area contributed by atoms with Crippen LogP contribution in [0.5, 0.6) is 0 Å². The van der Waals surface area contributed by atoms with Crippen LogP contribution < -0.4 is 5.32 Å². The lowest BCUT2D eigenvalue weighted by molar-refractivity contribution is -0.127. The Morgan fingerprint density at radius 2 is 1.85 bits per heavy atom. The Labute approximate surface area is 180 Å². The Hall–Kier alpha value is -0.610. The van der Waals surface area contributed by atoms with Crippen molar-refractivity contribution in [3.63, 3.8) is 0 Å². The topological polar surface area (TPSA) is 60.4 Å². The Kier molecular flexibility index (Phi) is 9.58. The molecule has 3 aliphatic rings. The van der Waals surface area contributed by atoms with Gasteiger partial charge in [-0.15, -0.1) is 24.0 Å². The maximum atomic E-state index is 12.0. The first-order valence-electron chi connectivity index (χ1n) is 10.2. The van der Waals surface area contributed by atoms with Crippen molar-refractivity contribution in [2.45, 2.75) is 38.1 Å². The minimum Gasteiger partial charge on any atom is -0.381 e. The van der Waals surface area contributed by atoms with E-state index in [1.54, 1.807) is 19.0 Å². The van der Waals surface area contributed by atoms with Gasteiger partial charge in [0.05, 0.1) is 6.61 Å². The number of guanidine groups is 1. The summed E-state index contributed by atoms with van der Waals surface area (Å²) in [5.41, 5.74) is 0. The second kappa shape index (κ2) is 11.4. The minimum atomic E-state index is 0. The van der Waals surface area contributed by atoms with Crippen LogP contribution in [0.25, 0.3) is 0 Å². The SMILES string of the molecule is CN(C)C(=O)CN=C(NC1CCCC1)N1CCN(CC2CCOC2)CC1.I. The lowest BCUT2D eigenvalue weighted by Gasteiger charge is -2.38. The molecule has 0 aromatic heterocycles. The third-order valence-electron chi connectivity index (χ3n) is 5.76. The standard InChI is InChI=1S/C19H35N5O2.HI/c1-22(2)18(25)13-20-19(21-17-5-3-4-6-17)24-10-8-23(9-11-24)14-16-7-12-26-15-16;/h16-17H,3-15H2,1-2H3,(H,20,21);1H. The van der Waals surface area contributed by atoms with Crippen LogP contribution in [0.15, 0.2) is 4.99 Å². The van der Waals surface area contributed by atoms with Crippen molar-refractivity contribution in [3.05, 3.63) is 0 Å². The normalized spacial score (nSPS) is 24.7. The summed E-state index contributed by atoms with van der Waals surface area (Å²) in [4.78, 5) is 23.1. The van der Waals surface area contributed by atoms with E-state index in [1.165, 1.54) is 32.1 Å². The second-order valence-corrected chi connectivity index (χ2v) is 8.07. The van der Waals surface area contributed by atoms with Gasteiger partial charge >= 0.3 is 0 Å². The van der Waals surface area contributed by atoms with E-state index < -0.39 is 0 Å². The molecule has 0 aromatic rings. The van der Waals surface area contributed by atoms with E-state index in [0.717, 1.165) is 51.9 Å². The summed E-state index contributed by atoms with van der Waals surface area (Å²) >= 11 is 0. The van der Waals surface area contributed by atoms with E-state index >= 15 is 0 Å². The number of carbonyl (C=O) groups excluding carboxylic acids is 1. The molecule has 0 bridgehead atoms. The van der Waals surface area contributed by atoms with Crippen molar-refractivity contribution in [1.29, 1.82) is 0 Å². The van der Waals surface area contributed by atoms with Gasteiger partial charge in [0.2, 0.25) is 5.91 Å². The highest BCUT2D eigenvalue weighted by molar-refractivity contribution is 14.0. The Morgan fingerprint density at radius 3 is 2.44 bits per heavy atom. The number of hydrogen-bond donors (Lipinski definition) is 1. The average molecular weight is 493 g/mol. The zero-order valence-electron chi connectivity index (χ0n) is 16.9. The quantitative estimate of drug-likeness (QED) is 0.355. The average Bonchev–Trinajstić information content (AvgIpc) is 3.33. The molecule has 0 radical (unpaired) electrons. The molecule has 156 valence electrons. The summed E-state index contributed by atoms with van der Waals surface area (Å²) < 4.78 is 5.50. The van der Waals surface area contributed by atoms with E-state index in [9.17, 15) is 4.79 Å². The van der Waals surface area contributed by atoms with E-state index in [1.807, 2.05) is 0 Å². The number of likely N-dealkylation sites (N-methyl/N-ethyl adjacent to an activating group) is 1. The summed E-state index contributed by atoms with van der Waals surface area (Å²) in [6.45, 7) is 7.28. The lowest BCUT2D eigenvalue weighted by Crippen LogP contribution is -2.54. The summed E-state index contributed by atoms with van der Waals surface area (Å²) in [6, 6.07) is 0.511. The molecule has 0 aromatic carbocycles. The van der Waals surface area contributed by atoms with Crippen molar-refractivity contribution < 1.29 is 9.53 Å². The van der Waals surface area contributed by atoms with Gasteiger partial charge in [0, 0.05) is 59.5 Å². The van der Waals surface area contributed by atoms with Crippen molar-refractivity contribution in [3.8, 4) is 0 Å². The fourth-order valence-corrected chi connectivity index (χ4v) is 4.01. The second-order valence-electron chi connectivity index (χ2n) is 8.07. The van der Waals surface area contributed by atoms with E-state index in [0.29, 0.717) is 12.0 Å². The first-order chi connectivity index (χ1) is 12.6.